The Labute approximate surface area is 218 Å². The third-order valence-electron chi connectivity index (χ3n) is 6.29. The first-order chi connectivity index (χ1) is 17.6. The maximum absolute atomic E-state index is 12.6. The van der Waals surface area contributed by atoms with E-state index < -0.39 is 5.60 Å². The highest BCUT2D eigenvalue weighted by atomic mass is 16.6. The van der Waals surface area contributed by atoms with Gasteiger partial charge in [-0.15, -0.1) is 0 Å². The van der Waals surface area contributed by atoms with Gasteiger partial charge in [0, 0.05) is 37.5 Å². The molecular formula is C30H35N3O4. The fourth-order valence-electron chi connectivity index (χ4n) is 4.40. The van der Waals surface area contributed by atoms with Crippen LogP contribution >= 0.6 is 0 Å². The van der Waals surface area contributed by atoms with Crippen LogP contribution < -0.4 is 10.1 Å². The van der Waals surface area contributed by atoms with Crippen molar-refractivity contribution in [3.63, 3.8) is 0 Å². The zero-order valence-electron chi connectivity index (χ0n) is 22.3. The maximum atomic E-state index is 12.6. The van der Waals surface area contributed by atoms with Gasteiger partial charge in [0.15, 0.2) is 0 Å². The topological polar surface area (TPSA) is 80.8 Å². The van der Waals surface area contributed by atoms with E-state index in [9.17, 15) is 9.59 Å². The fourth-order valence-corrected chi connectivity index (χ4v) is 4.40. The third-order valence-corrected chi connectivity index (χ3v) is 6.29. The summed E-state index contributed by atoms with van der Waals surface area (Å²) < 4.78 is 11.8. The molecule has 0 saturated carbocycles. The van der Waals surface area contributed by atoms with E-state index in [0.717, 1.165) is 35.2 Å². The molecule has 1 aliphatic heterocycles. The summed E-state index contributed by atoms with van der Waals surface area (Å²) in [5.41, 5.74) is 6.19. The summed E-state index contributed by atoms with van der Waals surface area (Å²) in [4.78, 5) is 31.2. The van der Waals surface area contributed by atoms with Crippen LogP contribution in [0.15, 0.2) is 54.7 Å². The van der Waals surface area contributed by atoms with Gasteiger partial charge < -0.3 is 19.7 Å². The molecule has 7 heteroatoms. The van der Waals surface area contributed by atoms with E-state index in [1.165, 1.54) is 11.1 Å². The van der Waals surface area contributed by atoms with Gasteiger partial charge in [-0.25, -0.2) is 4.79 Å². The van der Waals surface area contributed by atoms with E-state index in [4.69, 9.17) is 9.47 Å². The molecule has 2 heterocycles. The van der Waals surface area contributed by atoms with Crippen molar-refractivity contribution < 1.29 is 19.1 Å². The van der Waals surface area contributed by atoms with Crippen molar-refractivity contribution in [3.8, 4) is 16.9 Å². The Bertz CT molecular complexity index is 1300. The van der Waals surface area contributed by atoms with Gasteiger partial charge in [-0.3, -0.25) is 9.78 Å². The van der Waals surface area contributed by atoms with Crippen molar-refractivity contribution >= 4 is 12.0 Å². The Morgan fingerprint density at radius 3 is 2.46 bits per heavy atom. The summed E-state index contributed by atoms with van der Waals surface area (Å²) in [5, 5.41) is 2.69. The van der Waals surface area contributed by atoms with Crippen LogP contribution in [-0.2, 0) is 24.2 Å². The zero-order valence-corrected chi connectivity index (χ0v) is 22.3. The first kappa shape index (κ1) is 26.2. The Morgan fingerprint density at radius 2 is 1.76 bits per heavy atom. The van der Waals surface area contributed by atoms with Crippen molar-refractivity contribution in [2.75, 3.05) is 20.1 Å². The second kappa shape index (κ2) is 11.0. The molecule has 0 spiro atoms. The van der Waals surface area contributed by atoms with Crippen LogP contribution in [-0.4, -0.2) is 47.6 Å². The number of pyridine rings is 1. The molecule has 194 valence electrons. The van der Waals surface area contributed by atoms with Crippen molar-refractivity contribution in [3.05, 3.63) is 82.7 Å². The molecule has 0 radical (unpaired) electrons. The highest BCUT2D eigenvalue weighted by Crippen LogP contribution is 2.34. The Balaban J connectivity index is 1.61. The van der Waals surface area contributed by atoms with Crippen LogP contribution in [0.5, 0.6) is 5.75 Å². The number of amides is 2. The molecule has 4 rings (SSSR count). The summed E-state index contributed by atoms with van der Waals surface area (Å²) in [6.07, 6.45) is 2.98. The van der Waals surface area contributed by atoms with E-state index >= 15 is 0 Å². The van der Waals surface area contributed by atoms with Crippen LogP contribution in [0.1, 0.15) is 53.5 Å². The Kier molecular flexibility index (Phi) is 7.81. The van der Waals surface area contributed by atoms with Crippen LogP contribution in [0.25, 0.3) is 11.1 Å². The molecular weight excluding hydrogens is 466 g/mol. The highest BCUT2D eigenvalue weighted by molar-refractivity contribution is 5.96. The number of fused-ring (bicyclic) bond motifs is 1. The monoisotopic (exact) mass is 501 g/mol. The lowest BCUT2D eigenvalue weighted by molar-refractivity contribution is 0.0258. The number of hydrogen-bond donors (Lipinski definition) is 1. The van der Waals surface area contributed by atoms with Gasteiger partial charge in [0.2, 0.25) is 0 Å². The van der Waals surface area contributed by atoms with E-state index in [1.807, 2.05) is 52.0 Å². The molecule has 0 fully saturated rings. The second-order valence-corrected chi connectivity index (χ2v) is 10.4. The lowest BCUT2D eigenvalue weighted by Gasteiger charge is -2.26. The Hall–Kier alpha value is -3.87. The van der Waals surface area contributed by atoms with E-state index in [1.54, 1.807) is 24.2 Å². The number of benzene rings is 2. The van der Waals surface area contributed by atoms with Gasteiger partial charge in [-0.2, -0.15) is 0 Å². The molecule has 2 amide bonds. The summed E-state index contributed by atoms with van der Waals surface area (Å²) in [5.74, 6) is 0.524. The fraction of sp³-hybridized carbons (Fsp3) is 0.367. The van der Waals surface area contributed by atoms with Crippen molar-refractivity contribution in [1.82, 2.24) is 15.2 Å². The van der Waals surface area contributed by atoms with Gasteiger partial charge in [-0.05, 0) is 93.1 Å². The molecule has 0 bridgehead atoms. The lowest BCUT2D eigenvalue weighted by atomic mass is 9.95. The van der Waals surface area contributed by atoms with Crippen molar-refractivity contribution in [1.29, 1.82) is 0 Å². The number of carbonyl (C=O) groups is 2. The van der Waals surface area contributed by atoms with Crippen LogP contribution in [0.4, 0.5) is 4.79 Å². The first-order valence-corrected chi connectivity index (χ1v) is 12.6. The van der Waals surface area contributed by atoms with Gasteiger partial charge in [0.1, 0.15) is 18.0 Å². The summed E-state index contributed by atoms with van der Waals surface area (Å²) in [6, 6.07) is 15.7. The van der Waals surface area contributed by atoms with Crippen LogP contribution in [0, 0.1) is 6.92 Å². The summed E-state index contributed by atoms with van der Waals surface area (Å²) in [7, 11) is 1.62. The number of nitrogens with one attached hydrogen (secondary N) is 1. The summed E-state index contributed by atoms with van der Waals surface area (Å²) in [6.45, 7) is 9.19. The molecule has 0 saturated heterocycles. The Morgan fingerprint density at radius 1 is 1.00 bits per heavy atom. The molecule has 2 aromatic carbocycles. The molecule has 1 aliphatic rings. The van der Waals surface area contributed by atoms with E-state index in [-0.39, 0.29) is 12.0 Å². The summed E-state index contributed by atoms with van der Waals surface area (Å²) >= 11 is 0. The van der Waals surface area contributed by atoms with Gasteiger partial charge >= 0.3 is 6.09 Å². The first-order valence-electron chi connectivity index (χ1n) is 12.6. The number of aromatic nitrogens is 1. The van der Waals surface area contributed by atoms with E-state index in [2.05, 4.69) is 28.5 Å². The molecule has 1 aromatic heterocycles. The molecule has 3 aromatic rings. The molecule has 7 nitrogen and oxygen atoms in total. The minimum absolute atomic E-state index is 0.157. The average Bonchev–Trinajstić information content (AvgIpc) is 3.08. The second-order valence-electron chi connectivity index (χ2n) is 10.4. The number of ether oxygens (including phenoxy) is 2. The minimum Gasteiger partial charge on any atom is -0.487 e. The quantitative estimate of drug-likeness (QED) is 0.511. The number of aryl methyl sites for hydroxylation is 1. The van der Waals surface area contributed by atoms with Crippen molar-refractivity contribution in [2.24, 2.45) is 0 Å². The lowest BCUT2D eigenvalue weighted by Crippen LogP contribution is -2.38. The minimum atomic E-state index is -0.524. The molecule has 0 unspecified atom stereocenters. The van der Waals surface area contributed by atoms with Crippen molar-refractivity contribution in [2.45, 2.75) is 52.7 Å². The SMILES string of the molecule is CNC(=O)c1ccc(OCc2cc(C)ccn2)c(-c2ccc3c(c2)CCN(C(=O)OC(C)(C)C)CC3)c1. The maximum Gasteiger partial charge on any atom is 0.410 e. The highest BCUT2D eigenvalue weighted by Gasteiger charge is 2.24. The number of carbonyl (C=O) groups excluding carboxylic acids is 2. The molecule has 0 aliphatic carbocycles. The van der Waals surface area contributed by atoms with E-state index in [0.29, 0.717) is 31.0 Å². The van der Waals surface area contributed by atoms with Gasteiger partial charge in [0.05, 0.1) is 5.69 Å². The predicted molar refractivity (Wildman–Crippen MR) is 144 cm³/mol. The smallest absolute Gasteiger partial charge is 0.410 e. The standard InChI is InChI=1S/C30H35N3O4/c1-20-10-13-32-25(16-20)19-36-27-9-8-24(28(34)31-5)18-26(27)23-7-6-21-11-14-33(15-12-22(21)17-23)29(35)37-30(2,3)4/h6-10,13,16-18H,11-12,14-15,19H2,1-5H3,(H,31,34). The average molecular weight is 502 g/mol. The normalized spacial score (nSPS) is 13.4. The largest absolute Gasteiger partial charge is 0.487 e. The van der Waals surface area contributed by atoms with Gasteiger partial charge in [-0.1, -0.05) is 18.2 Å². The predicted octanol–water partition coefficient (Wildman–Crippen LogP) is 5.33. The van der Waals surface area contributed by atoms with Crippen LogP contribution in [0.3, 0.4) is 0 Å². The molecule has 0 atom stereocenters. The third kappa shape index (κ3) is 6.67. The molecule has 37 heavy (non-hydrogen) atoms. The zero-order chi connectivity index (χ0) is 26.6. The number of nitrogens with zero attached hydrogens (tertiary/aromatic N) is 2. The van der Waals surface area contributed by atoms with Crippen LogP contribution in [0.2, 0.25) is 0 Å². The molecule has 1 N–H and O–H groups in total. The van der Waals surface area contributed by atoms with Gasteiger partial charge in [0.25, 0.3) is 5.91 Å². The number of hydrogen-bond acceptors (Lipinski definition) is 5. The number of rotatable bonds is 5.